The van der Waals surface area contributed by atoms with Gasteiger partial charge in [-0.05, 0) is 30.1 Å². The van der Waals surface area contributed by atoms with Crippen LogP contribution in [0, 0.1) is 34.0 Å². The van der Waals surface area contributed by atoms with Gasteiger partial charge in [-0.1, -0.05) is 27.7 Å². The summed E-state index contributed by atoms with van der Waals surface area (Å²) in [5.41, 5.74) is -0.844. The Bertz CT molecular complexity index is 630. The zero-order valence-electron chi connectivity index (χ0n) is 15.7. The van der Waals surface area contributed by atoms with E-state index >= 15 is 0 Å². The van der Waals surface area contributed by atoms with Crippen LogP contribution in [-0.4, -0.2) is 55.1 Å². The lowest BCUT2D eigenvalue weighted by Gasteiger charge is -2.48. The minimum absolute atomic E-state index is 0.0554. The smallest absolute Gasteiger partial charge is 0.165 e. The molecule has 4 aliphatic heterocycles. The lowest BCUT2D eigenvalue weighted by atomic mass is 9.52. The van der Waals surface area contributed by atoms with Crippen molar-refractivity contribution in [2.24, 2.45) is 34.0 Å². The van der Waals surface area contributed by atoms with Gasteiger partial charge in [-0.25, -0.2) is 0 Å². The molecule has 0 amide bonds. The van der Waals surface area contributed by atoms with Gasteiger partial charge in [0.2, 0.25) is 0 Å². The molecule has 1 N–H and O–H groups in total. The zero-order chi connectivity index (χ0) is 17.4. The number of hydrogen-bond acceptors (Lipinski definition) is 5. The minimum atomic E-state index is -0.519. The summed E-state index contributed by atoms with van der Waals surface area (Å²) in [6, 6.07) is 0. The molecule has 6 rings (SSSR count). The van der Waals surface area contributed by atoms with Crippen LogP contribution >= 0.6 is 0 Å². The monoisotopic (exact) mass is 350 g/mol. The maximum absolute atomic E-state index is 11.7. The summed E-state index contributed by atoms with van der Waals surface area (Å²) in [7, 11) is 0. The zero-order valence-corrected chi connectivity index (χ0v) is 15.7. The molecule has 6 fully saturated rings. The fourth-order valence-electron chi connectivity index (χ4n) is 8.57. The number of fused-ring (bicyclic) bond motifs is 1. The third-order valence-corrected chi connectivity index (χ3v) is 8.95. The van der Waals surface area contributed by atoms with E-state index in [1.807, 2.05) is 0 Å². The van der Waals surface area contributed by atoms with Crippen molar-refractivity contribution >= 4 is 0 Å². The van der Waals surface area contributed by atoms with E-state index < -0.39 is 11.7 Å². The predicted octanol–water partition coefficient (Wildman–Crippen LogP) is 1.96. The van der Waals surface area contributed by atoms with Crippen LogP contribution in [0.2, 0.25) is 0 Å². The standard InChI is InChI=1S/C20H30O5/c1-10-8-23-14-13(10)19-9-24-12-7-11(17(2,3)4)18(20(12,19)15(14)21)5-6-22-16(18)25-19/h10-16,21H,5-9H2,1-4H3/t10?,11-,12?,13?,14?,15-,16?,18?,19?,20?/m0/s1. The van der Waals surface area contributed by atoms with Crippen LogP contribution in [0.15, 0.2) is 0 Å². The highest BCUT2D eigenvalue weighted by Gasteiger charge is 2.93. The number of aliphatic hydroxyl groups is 1. The third kappa shape index (κ3) is 1.31. The van der Waals surface area contributed by atoms with Gasteiger partial charge in [-0.2, -0.15) is 0 Å². The average Bonchev–Trinajstić information content (AvgIpc) is 3.25. The van der Waals surface area contributed by atoms with E-state index in [2.05, 4.69) is 27.7 Å². The number of rotatable bonds is 0. The van der Waals surface area contributed by atoms with Crippen molar-refractivity contribution in [3.05, 3.63) is 0 Å². The molecule has 0 aromatic carbocycles. The highest BCUT2D eigenvalue weighted by Crippen LogP contribution is 2.83. The summed E-state index contributed by atoms with van der Waals surface area (Å²) in [4.78, 5) is 0. The lowest BCUT2D eigenvalue weighted by molar-refractivity contribution is -0.199. The first-order valence-corrected chi connectivity index (χ1v) is 10.0. The van der Waals surface area contributed by atoms with Gasteiger partial charge in [0.25, 0.3) is 0 Å². The van der Waals surface area contributed by atoms with Gasteiger partial charge in [0, 0.05) is 11.3 Å². The molecule has 2 spiro atoms. The summed E-state index contributed by atoms with van der Waals surface area (Å²) >= 11 is 0. The second-order valence-corrected chi connectivity index (χ2v) is 10.6. The molecule has 10 atom stereocenters. The van der Waals surface area contributed by atoms with Crippen molar-refractivity contribution in [1.29, 1.82) is 0 Å². The molecular formula is C20H30O5. The normalized spacial score (nSPS) is 64.4. The number of ether oxygens (including phenoxy) is 4. The first-order valence-electron chi connectivity index (χ1n) is 10.0. The molecule has 4 saturated heterocycles. The Balaban J connectivity index is 1.62. The summed E-state index contributed by atoms with van der Waals surface area (Å²) < 4.78 is 25.6. The van der Waals surface area contributed by atoms with Crippen molar-refractivity contribution in [3.8, 4) is 0 Å². The lowest BCUT2D eigenvalue weighted by Crippen LogP contribution is -2.58. The van der Waals surface area contributed by atoms with Crippen molar-refractivity contribution in [2.75, 3.05) is 19.8 Å². The SMILES string of the molecule is CC1COC2C1C13COC4C[C@@H](C(C)(C)C)C5(CCOC5O1)C43[C@H]2O. The summed E-state index contributed by atoms with van der Waals surface area (Å²) in [6.45, 7) is 11.2. The molecule has 5 nitrogen and oxygen atoms in total. The molecule has 8 unspecified atom stereocenters. The molecule has 0 aromatic rings. The second kappa shape index (κ2) is 4.27. The Hall–Kier alpha value is -0.200. The Morgan fingerprint density at radius 1 is 1.12 bits per heavy atom. The molecule has 25 heavy (non-hydrogen) atoms. The van der Waals surface area contributed by atoms with E-state index in [0.29, 0.717) is 25.0 Å². The van der Waals surface area contributed by atoms with Gasteiger partial charge in [0.15, 0.2) is 6.29 Å². The summed E-state index contributed by atoms with van der Waals surface area (Å²) in [5, 5.41) is 11.7. The number of aliphatic hydroxyl groups excluding tert-OH is 1. The quantitative estimate of drug-likeness (QED) is 0.724. The summed E-state index contributed by atoms with van der Waals surface area (Å²) in [5.74, 6) is 1.01. The molecule has 6 aliphatic rings. The molecular weight excluding hydrogens is 320 g/mol. The van der Waals surface area contributed by atoms with Crippen LogP contribution in [-0.2, 0) is 18.9 Å². The van der Waals surface area contributed by atoms with Crippen LogP contribution in [0.1, 0.15) is 40.5 Å². The Kier molecular flexibility index (Phi) is 2.70. The molecule has 140 valence electrons. The van der Waals surface area contributed by atoms with Crippen LogP contribution < -0.4 is 0 Å². The summed E-state index contributed by atoms with van der Waals surface area (Å²) in [6.07, 6.45) is 1.19. The first-order chi connectivity index (χ1) is 11.8. The largest absolute Gasteiger partial charge is 0.390 e. The van der Waals surface area contributed by atoms with Gasteiger partial charge >= 0.3 is 0 Å². The average molecular weight is 350 g/mol. The van der Waals surface area contributed by atoms with Gasteiger partial charge in [-0.3, -0.25) is 0 Å². The molecule has 4 heterocycles. The van der Waals surface area contributed by atoms with E-state index in [-0.39, 0.29) is 40.7 Å². The van der Waals surface area contributed by atoms with Gasteiger partial charge < -0.3 is 24.1 Å². The van der Waals surface area contributed by atoms with Gasteiger partial charge in [0.1, 0.15) is 5.60 Å². The molecule has 0 bridgehead atoms. The van der Waals surface area contributed by atoms with E-state index in [1.165, 1.54) is 0 Å². The highest BCUT2D eigenvalue weighted by molar-refractivity contribution is 5.38. The highest BCUT2D eigenvalue weighted by atomic mass is 16.7. The third-order valence-electron chi connectivity index (χ3n) is 8.95. The topological polar surface area (TPSA) is 57.2 Å². The second-order valence-electron chi connectivity index (χ2n) is 10.6. The molecule has 5 heteroatoms. The Morgan fingerprint density at radius 2 is 1.92 bits per heavy atom. The maximum atomic E-state index is 11.7. The van der Waals surface area contributed by atoms with E-state index in [4.69, 9.17) is 18.9 Å². The van der Waals surface area contributed by atoms with Crippen molar-refractivity contribution in [2.45, 2.75) is 70.7 Å². The van der Waals surface area contributed by atoms with E-state index in [9.17, 15) is 5.11 Å². The number of hydrogen-bond donors (Lipinski definition) is 1. The minimum Gasteiger partial charge on any atom is -0.390 e. The molecule has 2 saturated carbocycles. The van der Waals surface area contributed by atoms with Crippen LogP contribution in [0.3, 0.4) is 0 Å². The fourth-order valence-corrected chi connectivity index (χ4v) is 8.57. The molecule has 0 radical (unpaired) electrons. The Morgan fingerprint density at radius 3 is 2.68 bits per heavy atom. The predicted molar refractivity (Wildman–Crippen MR) is 88.7 cm³/mol. The van der Waals surface area contributed by atoms with Crippen molar-refractivity contribution in [3.63, 3.8) is 0 Å². The van der Waals surface area contributed by atoms with Crippen LogP contribution in [0.25, 0.3) is 0 Å². The molecule has 0 aromatic heterocycles. The van der Waals surface area contributed by atoms with Gasteiger partial charge in [-0.15, -0.1) is 0 Å². The Labute approximate surface area is 149 Å². The van der Waals surface area contributed by atoms with Crippen molar-refractivity contribution in [1.82, 2.24) is 0 Å². The first kappa shape index (κ1) is 15.8. The van der Waals surface area contributed by atoms with Gasteiger partial charge in [0.05, 0.1) is 43.5 Å². The van der Waals surface area contributed by atoms with E-state index in [1.54, 1.807) is 0 Å². The maximum Gasteiger partial charge on any atom is 0.165 e. The van der Waals surface area contributed by atoms with E-state index in [0.717, 1.165) is 19.4 Å². The van der Waals surface area contributed by atoms with Crippen LogP contribution in [0.5, 0.6) is 0 Å². The fraction of sp³-hybridized carbons (Fsp3) is 1.00. The van der Waals surface area contributed by atoms with Crippen molar-refractivity contribution < 1.29 is 24.1 Å². The van der Waals surface area contributed by atoms with Crippen LogP contribution in [0.4, 0.5) is 0 Å². The molecule has 2 aliphatic carbocycles.